The lowest BCUT2D eigenvalue weighted by molar-refractivity contribution is 0.0250. The minimum Gasteiger partial charge on any atom is -0.330 e. The first kappa shape index (κ1) is 13.4. The fourth-order valence-corrected chi connectivity index (χ4v) is 3.91. The van der Waals surface area contributed by atoms with Crippen molar-refractivity contribution in [3.63, 3.8) is 0 Å². The Kier molecular flexibility index (Phi) is 4.87. The first-order valence-electron chi connectivity index (χ1n) is 7.72. The highest BCUT2D eigenvalue weighted by Gasteiger charge is 2.35. The average Bonchev–Trinajstić information content (AvgIpc) is 2.39. The van der Waals surface area contributed by atoms with Crippen molar-refractivity contribution in [1.82, 2.24) is 4.90 Å². The van der Waals surface area contributed by atoms with Crippen LogP contribution in [0.25, 0.3) is 0 Å². The Labute approximate surface area is 107 Å². The van der Waals surface area contributed by atoms with Gasteiger partial charge in [0, 0.05) is 18.6 Å². The maximum atomic E-state index is 5.99. The molecule has 1 saturated heterocycles. The van der Waals surface area contributed by atoms with Crippen molar-refractivity contribution in [3.05, 3.63) is 0 Å². The molecule has 0 spiro atoms. The van der Waals surface area contributed by atoms with Crippen LogP contribution in [0.2, 0.25) is 0 Å². The normalized spacial score (nSPS) is 40.4. The molecule has 1 heterocycles. The van der Waals surface area contributed by atoms with Crippen LogP contribution in [0.1, 0.15) is 58.8 Å². The number of piperidine rings is 1. The summed E-state index contributed by atoms with van der Waals surface area (Å²) >= 11 is 0. The van der Waals surface area contributed by atoms with Crippen molar-refractivity contribution in [3.8, 4) is 0 Å². The summed E-state index contributed by atoms with van der Waals surface area (Å²) in [5.41, 5.74) is 5.99. The minimum absolute atomic E-state index is 0.766. The highest BCUT2D eigenvalue weighted by molar-refractivity contribution is 4.89. The second-order valence-electron chi connectivity index (χ2n) is 6.25. The third-order valence-electron chi connectivity index (χ3n) is 5.20. The summed E-state index contributed by atoms with van der Waals surface area (Å²) < 4.78 is 0. The van der Waals surface area contributed by atoms with Gasteiger partial charge in [-0.3, -0.25) is 4.90 Å². The topological polar surface area (TPSA) is 29.3 Å². The van der Waals surface area contributed by atoms with Gasteiger partial charge in [-0.2, -0.15) is 0 Å². The van der Waals surface area contributed by atoms with Gasteiger partial charge in [0.2, 0.25) is 0 Å². The molecule has 17 heavy (non-hydrogen) atoms. The Morgan fingerprint density at radius 3 is 2.59 bits per heavy atom. The van der Waals surface area contributed by atoms with Gasteiger partial charge in [0.15, 0.2) is 0 Å². The molecule has 0 bridgehead atoms. The van der Waals surface area contributed by atoms with Crippen molar-refractivity contribution in [2.45, 2.75) is 70.9 Å². The molecular formula is C15H30N2. The van der Waals surface area contributed by atoms with E-state index in [0.29, 0.717) is 0 Å². The second-order valence-corrected chi connectivity index (χ2v) is 6.25. The molecule has 2 nitrogen and oxygen atoms in total. The van der Waals surface area contributed by atoms with Crippen LogP contribution in [0, 0.1) is 11.8 Å². The van der Waals surface area contributed by atoms with Crippen LogP contribution in [0.3, 0.4) is 0 Å². The Morgan fingerprint density at radius 2 is 1.88 bits per heavy atom. The number of likely N-dealkylation sites (tertiary alicyclic amines) is 1. The van der Waals surface area contributed by atoms with E-state index in [1.165, 1.54) is 51.5 Å². The van der Waals surface area contributed by atoms with Gasteiger partial charge in [0.1, 0.15) is 0 Å². The van der Waals surface area contributed by atoms with E-state index in [1.807, 2.05) is 0 Å². The molecule has 0 aromatic rings. The number of nitrogens with two attached hydrogens (primary N) is 1. The number of hydrogen-bond donors (Lipinski definition) is 1. The van der Waals surface area contributed by atoms with Gasteiger partial charge in [-0.25, -0.2) is 0 Å². The Morgan fingerprint density at radius 1 is 1.12 bits per heavy atom. The lowest BCUT2D eigenvalue weighted by Crippen LogP contribution is -2.52. The fraction of sp³-hybridized carbons (Fsp3) is 1.00. The smallest absolute Gasteiger partial charge is 0.0138 e. The quantitative estimate of drug-likeness (QED) is 0.819. The maximum absolute atomic E-state index is 5.99. The summed E-state index contributed by atoms with van der Waals surface area (Å²) in [4.78, 5) is 2.81. The zero-order valence-corrected chi connectivity index (χ0v) is 11.7. The molecule has 0 aromatic heterocycles. The number of hydrogen-bond acceptors (Lipinski definition) is 2. The van der Waals surface area contributed by atoms with Crippen LogP contribution < -0.4 is 5.73 Å². The summed E-state index contributed by atoms with van der Waals surface area (Å²) in [6.45, 7) is 7.00. The van der Waals surface area contributed by atoms with Crippen LogP contribution in [0.5, 0.6) is 0 Å². The van der Waals surface area contributed by atoms with Crippen molar-refractivity contribution in [1.29, 1.82) is 0 Å². The Balaban J connectivity index is 2.01. The van der Waals surface area contributed by atoms with Crippen molar-refractivity contribution in [2.75, 3.05) is 13.1 Å². The van der Waals surface area contributed by atoms with E-state index < -0.39 is 0 Å². The molecule has 1 saturated carbocycles. The molecule has 4 atom stereocenters. The summed E-state index contributed by atoms with van der Waals surface area (Å²) in [5.74, 6) is 1.70. The second kappa shape index (κ2) is 6.19. The van der Waals surface area contributed by atoms with Gasteiger partial charge in [0.25, 0.3) is 0 Å². The lowest BCUT2D eigenvalue weighted by Gasteiger charge is -2.47. The molecule has 2 heteroatoms. The average molecular weight is 238 g/mol. The van der Waals surface area contributed by atoms with Crippen LogP contribution in [0.15, 0.2) is 0 Å². The highest BCUT2D eigenvalue weighted by atomic mass is 15.2. The van der Waals surface area contributed by atoms with Crippen LogP contribution in [-0.4, -0.2) is 30.1 Å². The Hall–Kier alpha value is -0.0800. The monoisotopic (exact) mass is 238 g/mol. The third-order valence-corrected chi connectivity index (χ3v) is 5.20. The molecule has 2 N–H and O–H groups in total. The van der Waals surface area contributed by atoms with E-state index in [9.17, 15) is 0 Å². The van der Waals surface area contributed by atoms with E-state index in [2.05, 4.69) is 18.7 Å². The van der Waals surface area contributed by atoms with Gasteiger partial charge in [-0.15, -0.1) is 0 Å². The summed E-state index contributed by atoms with van der Waals surface area (Å²) in [6, 6.07) is 1.58. The van der Waals surface area contributed by atoms with Gasteiger partial charge >= 0.3 is 0 Å². The molecule has 2 rings (SSSR count). The fourth-order valence-electron chi connectivity index (χ4n) is 3.91. The molecule has 4 unspecified atom stereocenters. The van der Waals surface area contributed by atoms with Crippen LogP contribution >= 0.6 is 0 Å². The van der Waals surface area contributed by atoms with E-state index in [-0.39, 0.29) is 0 Å². The third kappa shape index (κ3) is 3.03. The van der Waals surface area contributed by atoms with Gasteiger partial charge in [0.05, 0.1) is 0 Å². The first-order valence-corrected chi connectivity index (χ1v) is 7.72. The predicted molar refractivity (Wildman–Crippen MR) is 74.0 cm³/mol. The Bertz CT molecular complexity index is 229. The SMILES string of the molecule is CCC1CCC(C)N(C2CCCCC2CN)C1. The van der Waals surface area contributed by atoms with Crippen molar-refractivity contribution in [2.24, 2.45) is 17.6 Å². The molecule has 100 valence electrons. The molecule has 1 aliphatic heterocycles. The number of nitrogens with zero attached hydrogens (tertiary/aromatic N) is 1. The molecule has 2 aliphatic rings. The lowest BCUT2D eigenvalue weighted by atomic mass is 9.80. The highest BCUT2D eigenvalue weighted by Crippen LogP contribution is 2.34. The van der Waals surface area contributed by atoms with Gasteiger partial charge < -0.3 is 5.73 Å². The van der Waals surface area contributed by atoms with Crippen molar-refractivity contribution < 1.29 is 0 Å². The molecule has 0 amide bonds. The molecule has 1 aliphatic carbocycles. The minimum atomic E-state index is 0.766. The zero-order chi connectivity index (χ0) is 12.3. The van der Waals surface area contributed by atoms with Crippen LogP contribution in [-0.2, 0) is 0 Å². The van der Waals surface area contributed by atoms with Gasteiger partial charge in [-0.1, -0.05) is 26.2 Å². The maximum Gasteiger partial charge on any atom is 0.0138 e. The largest absolute Gasteiger partial charge is 0.330 e. The molecule has 2 fully saturated rings. The molecular weight excluding hydrogens is 208 g/mol. The van der Waals surface area contributed by atoms with E-state index in [4.69, 9.17) is 5.73 Å². The standard InChI is InChI=1S/C15H30N2/c1-3-13-9-8-12(2)17(11-13)15-7-5-4-6-14(15)10-16/h12-15H,3-11,16H2,1-2H3. The van der Waals surface area contributed by atoms with Crippen molar-refractivity contribution >= 4 is 0 Å². The zero-order valence-electron chi connectivity index (χ0n) is 11.7. The van der Waals surface area contributed by atoms with E-state index in [1.54, 1.807) is 0 Å². The summed E-state index contributed by atoms with van der Waals surface area (Å²) in [5, 5.41) is 0. The molecule has 0 aromatic carbocycles. The summed E-state index contributed by atoms with van der Waals surface area (Å²) in [6.07, 6.45) is 9.76. The first-order chi connectivity index (χ1) is 8.26. The molecule has 0 radical (unpaired) electrons. The van der Waals surface area contributed by atoms with E-state index in [0.717, 1.165) is 30.5 Å². The number of rotatable bonds is 3. The van der Waals surface area contributed by atoms with Crippen LogP contribution in [0.4, 0.5) is 0 Å². The summed E-state index contributed by atoms with van der Waals surface area (Å²) in [7, 11) is 0. The van der Waals surface area contributed by atoms with Gasteiger partial charge in [-0.05, 0) is 51.0 Å². The predicted octanol–water partition coefficient (Wildman–Crippen LogP) is 3.01. The van der Waals surface area contributed by atoms with E-state index >= 15 is 0 Å².